The zero-order chi connectivity index (χ0) is 8.39. The maximum Gasteiger partial charge on any atom is 0.0693 e. The van der Waals surface area contributed by atoms with Crippen molar-refractivity contribution in [1.29, 1.82) is 0 Å². The van der Waals surface area contributed by atoms with E-state index < -0.39 is 0 Å². The first-order chi connectivity index (χ1) is 5.86. The second kappa shape index (κ2) is 3.75. The number of nitrogens with one attached hydrogen (secondary N) is 1. The van der Waals surface area contributed by atoms with Crippen molar-refractivity contribution in [3.63, 3.8) is 0 Å². The summed E-state index contributed by atoms with van der Waals surface area (Å²) >= 11 is 0. The van der Waals surface area contributed by atoms with Crippen LogP contribution in [0.3, 0.4) is 0 Å². The SMILES string of the molecule is O[C@@H]1CCC[C@H]1NC1CCCC1. The second-order valence-electron chi connectivity index (χ2n) is 4.25. The summed E-state index contributed by atoms with van der Waals surface area (Å²) in [6.07, 6.45) is 8.71. The molecule has 0 heterocycles. The summed E-state index contributed by atoms with van der Waals surface area (Å²) in [5.74, 6) is 0. The van der Waals surface area contributed by atoms with Crippen LogP contribution in [-0.4, -0.2) is 23.3 Å². The van der Waals surface area contributed by atoms with Gasteiger partial charge in [-0.3, -0.25) is 0 Å². The molecule has 0 amide bonds. The summed E-state index contributed by atoms with van der Waals surface area (Å²) < 4.78 is 0. The average molecular weight is 169 g/mol. The van der Waals surface area contributed by atoms with E-state index in [1.54, 1.807) is 0 Å². The van der Waals surface area contributed by atoms with Crippen LogP contribution in [0.1, 0.15) is 44.9 Å². The monoisotopic (exact) mass is 169 g/mol. The zero-order valence-electron chi connectivity index (χ0n) is 7.63. The molecule has 2 heteroatoms. The van der Waals surface area contributed by atoms with Crippen molar-refractivity contribution < 1.29 is 5.11 Å². The first-order valence-electron chi connectivity index (χ1n) is 5.30. The van der Waals surface area contributed by atoms with Crippen molar-refractivity contribution in [2.75, 3.05) is 0 Å². The van der Waals surface area contributed by atoms with Gasteiger partial charge in [0.2, 0.25) is 0 Å². The summed E-state index contributed by atoms with van der Waals surface area (Å²) in [4.78, 5) is 0. The van der Waals surface area contributed by atoms with Gasteiger partial charge in [-0.2, -0.15) is 0 Å². The zero-order valence-corrected chi connectivity index (χ0v) is 7.63. The number of aliphatic hydroxyl groups is 1. The fraction of sp³-hybridized carbons (Fsp3) is 1.00. The summed E-state index contributed by atoms with van der Waals surface area (Å²) in [6.45, 7) is 0. The molecule has 0 unspecified atom stereocenters. The standard InChI is InChI=1S/C10H19NO/c12-10-7-3-6-9(10)11-8-4-1-2-5-8/h8-12H,1-7H2/t9-,10-/m1/s1. The van der Waals surface area contributed by atoms with E-state index >= 15 is 0 Å². The summed E-state index contributed by atoms with van der Waals surface area (Å²) in [7, 11) is 0. The highest BCUT2D eigenvalue weighted by atomic mass is 16.3. The summed E-state index contributed by atoms with van der Waals surface area (Å²) in [6, 6.07) is 1.12. The van der Waals surface area contributed by atoms with Crippen LogP contribution in [0, 0.1) is 0 Å². The van der Waals surface area contributed by atoms with Gasteiger partial charge in [-0.1, -0.05) is 12.8 Å². The molecular weight excluding hydrogens is 150 g/mol. The van der Waals surface area contributed by atoms with Gasteiger partial charge in [0.1, 0.15) is 0 Å². The van der Waals surface area contributed by atoms with Gasteiger partial charge in [0.15, 0.2) is 0 Å². The predicted molar refractivity (Wildman–Crippen MR) is 49.0 cm³/mol. The topological polar surface area (TPSA) is 32.3 Å². The summed E-state index contributed by atoms with van der Waals surface area (Å²) in [5.41, 5.74) is 0. The molecule has 0 aromatic heterocycles. The molecule has 0 bridgehead atoms. The molecule has 0 aromatic carbocycles. The van der Waals surface area contributed by atoms with Crippen LogP contribution in [0.2, 0.25) is 0 Å². The van der Waals surface area contributed by atoms with Gasteiger partial charge < -0.3 is 10.4 Å². The van der Waals surface area contributed by atoms with Gasteiger partial charge in [-0.05, 0) is 32.1 Å². The fourth-order valence-corrected chi connectivity index (χ4v) is 2.53. The van der Waals surface area contributed by atoms with E-state index in [9.17, 15) is 5.11 Å². The molecule has 0 aliphatic heterocycles. The Morgan fingerprint density at radius 1 is 0.917 bits per heavy atom. The predicted octanol–water partition coefficient (Wildman–Crippen LogP) is 1.43. The van der Waals surface area contributed by atoms with Gasteiger partial charge in [0.25, 0.3) is 0 Å². The molecule has 2 N–H and O–H groups in total. The van der Waals surface area contributed by atoms with Crippen molar-refractivity contribution in [3.05, 3.63) is 0 Å². The van der Waals surface area contributed by atoms with Crippen LogP contribution < -0.4 is 5.32 Å². The van der Waals surface area contributed by atoms with Crippen LogP contribution in [0.15, 0.2) is 0 Å². The molecule has 0 saturated heterocycles. The smallest absolute Gasteiger partial charge is 0.0693 e. The van der Waals surface area contributed by atoms with Crippen LogP contribution in [-0.2, 0) is 0 Å². The van der Waals surface area contributed by atoms with Crippen LogP contribution in [0.4, 0.5) is 0 Å². The minimum absolute atomic E-state index is 0.0643. The molecule has 2 nitrogen and oxygen atoms in total. The second-order valence-corrected chi connectivity index (χ2v) is 4.25. The Kier molecular flexibility index (Phi) is 2.66. The molecule has 2 aliphatic rings. The van der Waals surface area contributed by atoms with E-state index in [1.807, 2.05) is 0 Å². The molecule has 0 aromatic rings. The van der Waals surface area contributed by atoms with E-state index in [-0.39, 0.29) is 6.10 Å². The normalized spacial score (nSPS) is 37.8. The third-order valence-electron chi connectivity index (χ3n) is 3.28. The molecule has 2 atom stereocenters. The first-order valence-corrected chi connectivity index (χ1v) is 5.30. The Balaban J connectivity index is 1.77. The summed E-state index contributed by atoms with van der Waals surface area (Å²) in [5, 5.41) is 13.2. The van der Waals surface area contributed by atoms with Crippen molar-refractivity contribution in [3.8, 4) is 0 Å². The lowest BCUT2D eigenvalue weighted by Crippen LogP contribution is -2.41. The lowest BCUT2D eigenvalue weighted by Gasteiger charge is -2.21. The largest absolute Gasteiger partial charge is 0.392 e. The molecular formula is C10H19NO. The van der Waals surface area contributed by atoms with Crippen molar-refractivity contribution >= 4 is 0 Å². The fourth-order valence-electron chi connectivity index (χ4n) is 2.53. The average Bonchev–Trinajstić information content (AvgIpc) is 2.65. The third-order valence-corrected chi connectivity index (χ3v) is 3.28. The quantitative estimate of drug-likeness (QED) is 0.655. The van der Waals surface area contributed by atoms with E-state index in [2.05, 4.69) is 5.32 Å². The molecule has 2 fully saturated rings. The lowest BCUT2D eigenvalue weighted by atomic mass is 10.1. The van der Waals surface area contributed by atoms with Crippen molar-refractivity contribution in [1.82, 2.24) is 5.32 Å². The van der Waals surface area contributed by atoms with Gasteiger partial charge in [0.05, 0.1) is 6.10 Å². The molecule has 70 valence electrons. The van der Waals surface area contributed by atoms with Gasteiger partial charge in [0, 0.05) is 12.1 Å². The molecule has 12 heavy (non-hydrogen) atoms. The lowest BCUT2D eigenvalue weighted by molar-refractivity contribution is 0.143. The van der Waals surface area contributed by atoms with Crippen LogP contribution in [0.5, 0.6) is 0 Å². The maximum absolute atomic E-state index is 9.59. The molecule has 2 saturated carbocycles. The number of hydrogen-bond acceptors (Lipinski definition) is 2. The van der Waals surface area contributed by atoms with E-state index in [4.69, 9.17) is 0 Å². The Morgan fingerprint density at radius 2 is 1.67 bits per heavy atom. The molecule has 2 rings (SSSR count). The first kappa shape index (κ1) is 8.52. The Morgan fingerprint density at radius 3 is 2.25 bits per heavy atom. The van der Waals surface area contributed by atoms with Crippen LogP contribution in [0.25, 0.3) is 0 Å². The highest BCUT2D eigenvalue weighted by Crippen LogP contribution is 2.23. The Bertz CT molecular complexity index is 143. The maximum atomic E-state index is 9.59. The van der Waals surface area contributed by atoms with Crippen molar-refractivity contribution in [2.45, 2.75) is 63.1 Å². The highest BCUT2D eigenvalue weighted by molar-refractivity contribution is 4.86. The van der Waals surface area contributed by atoms with Crippen molar-refractivity contribution in [2.24, 2.45) is 0 Å². The van der Waals surface area contributed by atoms with E-state index in [0.717, 1.165) is 6.42 Å². The van der Waals surface area contributed by atoms with Gasteiger partial charge in [-0.15, -0.1) is 0 Å². The van der Waals surface area contributed by atoms with E-state index in [1.165, 1.54) is 38.5 Å². The van der Waals surface area contributed by atoms with Crippen LogP contribution >= 0.6 is 0 Å². The Labute approximate surface area is 74.4 Å². The van der Waals surface area contributed by atoms with Gasteiger partial charge >= 0.3 is 0 Å². The van der Waals surface area contributed by atoms with E-state index in [0.29, 0.717) is 12.1 Å². The minimum atomic E-state index is -0.0643. The highest BCUT2D eigenvalue weighted by Gasteiger charge is 2.27. The number of aliphatic hydroxyl groups excluding tert-OH is 1. The Hall–Kier alpha value is -0.0800. The number of rotatable bonds is 2. The van der Waals surface area contributed by atoms with Gasteiger partial charge in [-0.25, -0.2) is 0 Å². The molecule has 0 spiro atoms. The number of hydrogen-bond donors (Lipinski definition) is 2. The minimum Gasteiger partial charge on any atom is -0.392 e. The molecule has 2 aliphatic carbocycles. The molecule has 0 radical (unpaired) electrons. The third kappa shape index (κ3) is 1.80.